The van der Waals surface area contributed by atoms with Gasteiger partial charge in [0.1, 0.15) is 0 Å². The van der Waals surface area contributed by atoms with E-state index in [1.54, 1.807) is 38.5 Å². The third-order valence-corrected chi connectivity index (χ3v) is 3.43. The molecule has 2 aliphatic carbocycles. The van der Waals surface area contributed by atoms with E-state index in [0.717, 1.165) is 26.1 Å². The molecule has 2 bridgehead atoms. The lowest BCUT2D eigenvalue weighted by atomic mass is 9.92. The Labute approximate surface area is 88.3 Å². The zero-order valence-electron chi connectivity index (χ0n) is 9.71. The number of rotatable bonds is 0. The molecule has 0 radical (unpaired) electrons. The Balaban J connectivity index is 0.000000379. The van der Waals surface area contributed by atoms with Gasteiger partial charge in [0, 0.05) is 14.2 Å². The van der Waals surface area contributed by atoms with Gasteiger partial charge >= 0.3 is 0 Å². The van der Waals surface area contributed by atoms with Crippen molar-refractivity contribution in [2.45, 2.75) is 51.4 Å². The first-order valence-corrected chi connectivity index (χ1v) is 5.84. The minimum atomic E-state index is 1.00. The molecule has 0 atom stereocenters. The van der Waals surface area contributed by atoms with Crippen LogP contribution in [0.1, 0.15) is 51.4 Å². The van der Waals surface area contributed by atoms with Gasteiger partial charge < -0.3 is 10.2 Å². The maximum Gasteiger partial charge on any atom is 0.0319 e. The Morgan fingerprint density at radius 3 is 1.14 bits per heavy atom. The minimum absolute atomic E-state index is 1.00. The van der Waals surface area contributed by atoms with E-state index in [0.29, 0.717) is 0 Å². The summed E-state index contributed by atoms with van der Waals surface area (Å²) in [5.74, 6) is 2.26. The molecule has 0 aromatic rings. The molecule has 2 N–H and O–H groups in total. The number of fused-ring (bicyclic) bond motifs is 3. The molecule has 0 spiro atoms. The van der Waals surface area contributed by atoms with Crippen LogP contribution in [0, 0.1) is 11.8 Å². The maximum atomic E-state index is 7.00. The Morgan fingerprint density at radius 1 is 0.571 bits per heavy atom. The van der Waals surface area contributed by atoms with Gasteiger partial charge in [0.15, 0.2) is 0 Å². The molecule has 2 nitrogen and oxygen atoms in total. The molecule has 86 valence electrons. The molecule has 2 saturated carbocycles. The molecule has 2 heteroatoms. The molecule has 0 aromatic carbocycles. The van der Waals surface area contributed by atoms with E-state index in [1.807, 2.05) is 0 Å². The molecule has 2 fully saturated rings. The summed E-state index contributed by atoms with van der Waals surface area (Å²) in [6, 6.07) is 0. The first kappa shape index (κ1) is 13.9. The first-order chi connectivity index (χ1) is 6.95. The van der Waals surface area contributed by atoms with Crippen LogP contribution in [0.15, 0.2) is 0 Å². The fourth-order valence-corrected chi connectivity index (χ4v) is 2.73. The number of hydrogen-bond donors (Lipinski definition) is 2. The fraction of sp³-hybridized carbons (Fsp3) is 1.00. The average molecular weight is 202 g/mol. The summed E-state index contributed by atoms with van der Waals surface area (Å²) in [6.07, 6.45) is 12.4. The Kier molecular flexibility index (Phi) is 9.42. The Morgan fingerprint density at radius 2 is 0.857 bits per heavy atom. The maximum absolute atomic E-state index is 7.00. The summed E-state index contributed by atoms with van der Waals surface area (Å²) in [6.45, 7) is 0. The quantitative estimate of drug-likeness (QED) is 0.634. The van der Waals surface area contributed by atoms with Crippen LogP contribution < -0.4 is 0 Å². The topological polar surface area (TPSA) is 40.5 Å². The Hall–Kier alpha value is -0.0800. The van der Waals surface area contributed by atoms with Crippen molar-refractivity contribution in [3.8, 4) is 0 Å². The van der Waals surface area contributed by atoms with Gasteiger partial charge in [-0.2, -0.15) is 0 Å². The highest BCUT2D eigenvalue weighted by atomic mass is 16.2. The van der Waals surface area contributed by atoms with E-state index in [1.165, 1.54) is 12.8 Å². The highest BCUT2D eigenvalue weighted by Gasteiger charge is 2.21. The number of aliphatic hydroxyl groups excluding tert-OH is 2. The van der Waals surface area contributed by atoms with Gasteiger partial charge in [-0.25, -0.2) is 0 Å². The second-order valence-electron chi connectivity index (χ2n) is 4.17. The van der Waals surface area contributed by atoms with E-state index in [2.05, 4.69) is 0 Å². The highest BCUT2D eigenvalue weighted by molar-refractivity contribution is 4.74. The zero-order valence-corrected chi connectivity index (χ0v) is 9.71. The van der Waals surface area contributed by atoms with Crippen molar-refractivity contribution >= 4 is 0 Å². The molecule has 14 heavy (non-hydrogen) atoms. The molecule has 0 aliphatic heterocycles. The van der Waals surface area contributed by atoms with Crippen LogP contribution in [0.3, 0.4) is 0 Å². The van der Waals surface area contributed by atoms with E-state index < -0.39 is 0 Å². The van der Waals surface area contributed by atoms with Crippen molar-refractivity contribution in [1.29, 1.82) is 0 Å². The summed E-state index contributed by atoms with van der Waals surface area (Å²) < 4.78 is 0. The molecule has 0 saturated heterocycles. The molecular formula is C12H26O2. The van der Waals surface area contributed by atoms with Gasteiger partial charge in [-0.1, -0.05) is 51.4 Å². The van der Waals surface area contributed by atoms with Crippen molar-refractivity contribution in [2.24, 2.45) is 11.8 Å². The van der Waals surface area contributed by atoms with Gasteiger partial charge in [0.25, 0.3) is 0 Å². The van der Waals surface area contributed by atoms with Crippen molar-refractivity contribution in [1.82, 2.24) is 0 Å². The van der Waals surface area contributed by atoms with Crippen molar-refractivity contribution in [3.05, 3.63) is 0 Å². The van der Waals surface area contributed by atoms with Crippen LogP contribution in [0.5, 0.6) is 0 Å². The Bertz CT molecular complexity index is 92.9. The lowest BCUT2D eigenvalue weighted by Gasteiger charge is -2.14. The third-order valence-electron chi connectivity index (χ3n) is 3.43. The van der Waals surface area contributed by atoms with E-state index in [-0.39, 0.29) is 0 Å². The third kappa shape index (κ3) is 4.97. The molecule has 0 amide bonds. The fourth-order valence-electron chi connectivity index (χ4n) is 2.73. The van der Waals surface area contributed by atoms with Crippen LogP contribution in [0.2, 0.25) is 0 Å². The van der Waals surface area contributed by atoms with E-state index >= 15 is 0 Å². The molecule has 0 unspecified atom stereocenters. The van der Waals surface area contributed by atoms with Crippen molar-refractivity contribution in [3.63, 3.8) is 0 Å². The lowest BCUT2D eigenvalue weighted by Crippen LogP contribution is -1.99. The van der Waals surface area contributed by atoms with Crippen LogP contribution in [0.25, 0.3) is 0 Å². The standard InChI is InChI=1S/C10H18.2CH4O/c1-3-9-5-2-6-10(4-1)8-7-9;2*1-2/h9-10H,1-8H2;2*2H,1H3. The SMILES string of the molecule is C1CC2CCCC(C1)CC2.CO.CO. The smallest absolute Gasteiger partial charge is 0.0319 e. The summed E-state index contributed by atoms with van der Waals surface area (Å²) in [5, 5.41) is 14.0. The first-order valence-electron chi connectivity index (χ1n) is 5.84. The van der Waals surface area contributed by atoms with E-state index in [9.17, 15) is 0 Å². The van der Waals surface area contributed by atoms with Gasteiger partial charge in [-0.05, 0) is 11.8 Å². The summed E-state index contributed by atoms with van der Waals surface area (Å²) >= 11 is 0. The molecule has 2 aliphatic rings. The van der Waals surface area contributed by atoms with Crippen molar-refractivity contribution < 1.29 is 10.2 Å². The zero-order chi connectivity index (χ0) is 10.8. The monoisotopic (exact) mass is 202 g/mol. The normalized spacial score (nSPS) is 30.0. The van der Waals surface area contributed by atoms with Crippen molar-refractivity contribution in [2.75, 3.05) is 14.2 Å². The van der Waals surface area contributed by atoms with Gasteiger partial charge in [-0.3, -0.25) is 0 Å². The summed E-state index contributed by atoms with van der Waals surface area (Å²) in [4.78, 5) is 0. The summed E-state index contributed by atoms with van der Waals surface area (Å²) in [5.41, 5.74) is 0. The summed E-state index contributed by atoms with van der Waals surface area (Å²) in [7, 11) is 2.00. The van der Waals surface area contributed by atoms with Crippen LogP contribution in [-0.4, -0.2) is 24.4 Å². The number of hydrogen-bond acceptors (Lipinski definition) is 2. The second-order valence-corrected chi connectivity index (χ2v) is 4.17. The van der Waals surface area contributed by atoms with Gasteiger partial charge in [0.05, 0.1) is 0 Å². The number of aliphatic hydroxyl groups is 2. The van der Waals surface area contributed by atoms with Crippen LogP contribution in [-0.2, 0) is 0 Å². The van der Waals surface area contributed by atoms with Crippen LogP contribution in [0.4, 0.5) is 0 Å². The molecule has 2 rings (SSSR count). The highest BCUT2D eigenvalue weighted by Crippen LogP contribution is 2.36. The second kappa shape index (κ2) is 9.47. The largest absolute Gasteiger partial charge is 0.400 e. The van der Waals surface area contributed by atoms with Crippen LogP contribution >= 0.6 is 0 Å². The minimum Gasteiger partial charge on any atom is -0.400 e. The van der Waals surface area contributed by atoms with Gasteiger partial charge in [0.2, 0.25) is 0 Å². The van der Waals surface area contributed by atoms with E-state index in [4.69, 9.17) is 10.2 Å². The average Bonchev–Trinajstić information content (AvgIpc) is 2.58. The molecular weight excluding hydrogens is 176 g/mol. The molecule has 0 heterocycles. The molecule has 0 aromatic heterocycles. The lowest BCUT2D eigenvalue weighted by molar-refractivity contribution is 0.393. The predicted molar refractivity (Wildman–Crippen MR) is 60.2 cm³/mol. The van der Waals surface area contributed by atoms with Gasteiger partial charge in [-0.15, -0.1) is 0 Å². The predicted octanol–water partition coefficient (Wildman–Crippen LogP) is 2.58.